The SMILES string of the molecule is CC1CC(C)N(Cc2ccc(C(=O)Nc3ccnc(OC(=O)N(C)c4ccccc4)c3)cc2)C(C)C1. The van der Waals surface area contributed by atoms with E-state index in [1.165, 1.54) is 35.6 Å². The zero-order valence-electron chi connectivity index (χ0n) is 21.3. The lowest BCUT2D eigenvalue weighted by atomic mass is 9.88. The maximum Gasteiger partial charge on any atom is 0.420 e. The molecule has 1 aliphatic rings. The maximum absolute atomic E-state index is 12.8. The van der Waals surface area contributed by atoms with Crippen molar-refractivity contribution in [3.05, 3.63) is 84.1 Å². The summed E-state index contributed by atoms with van der Waals surface area (Å²) in [5.74, 6) is 0.634. The molecule has 1 saturated heterocycles. The minimum Gasteiger partial charge on any atom is -0.391 e. The molecule has 188 valence electrons. The van der Waals surface area contributed by atoms with Gasteiger partial charge in [0.05, 0.1) is 0 Å². The van der Waals surface area contributed by atoms with Gasteiger partial charge in [-0.25, -0.2) is 9.78 Å². The van der Waals surface area contributed by atoms with Crippen LogP contribution in [0, 0.1) is 5.92 Å². The number of hydrogen-bond donors (Lipinski definition) is 1. The van der Waals surface area contributed by atoms with Gasteiger partial charge in [-0.15, -0.1) is 0 Å². The average molecular weight is 487 g/mol. The highest BCUT2D eigenvalue weighted by Crippen LogP contribution is 2.29. The predicted molar refractivity (Wildman–Crippen MR) is 142 cm³/mol. The molecule has 1 aliphatic heterocycles. The number of piperidine rings is 1. The number of benzene rings is 2. The smallest absolute Gasteiger partial charge is 0.391 e. The molecule has 3 aromatic rings. The summed E-state index contributed by atoms with van der Waals surface area (Å²) in [5, 5.41) is 2.86. The molecule has 0 aliphatic carbocycles. The van der Waals surface area contributed by atoms with E-state index in [-0.39, 0.29) is 11.8 Å². The van der Waals surface area contributed by atoms with Crippen LogP contribution in [-0.4, -0.2) is 41.0 Å². The van der Waals surface area contributed by atoms with Crippen molar-refractivity contribution in [2.45, 2.75) is 52.2 Å². The molecule has 7 nitrogen and oxygen atoms in total. The van der Waals surface area contributed by atoms with Crippen molar-refractivity contribution in [1.82, 2.24) is 9.88 Å². The van der Waals surface area contributed by atoms with Crippen molar-refractivity contribution >= 4 is 23.4 Å². The fraction of sp³-hybridized carbons (Fsp3) is 0.345. The highest BCUT2D eigenvalue weighted by Gasteiger charge is 2.28. The van der Waals surface area contributed by atoms with Gasteiger partial charge < -0.3 is 10.1 Å². The van der Waals surface area contributed by atoms with Crippen LogP contribution in [0.1, 0.15) is 49.5 Å². The van der Waals surface area contributed by atoms with E-state index in [9.17, 15) is 9.59 Å². The third-order valence-electron chi connectivity index (χ3n) is 6.80. The molecule has 36 heavy (non-hydrogen) atoms. The van der Waals surface area contributed by atoms with Crippen LogP contribution in [0.3, 0.4) is 0 Å². The summed E-state index contributed by atoms with van der Waals surface area (Å²) in [6, 6.07) is 21.2. The van der Waals surface area contributed by atoms with Crippen molar-refractivity contribution in [1.29, 1.82) is 0 Å². The first kappa shape index (κ1) is 25.4. The van der Waals surface area contributed by atoms with Crippen LogP contribution in [0.25, 0.3) is 0 Å². The van der Waals surface area contributed by atoms with Crippen LogP contribution < -0.4 is 15.0 Å². The Hall–Kier alpha value is -3.71. The third kappa shape index (κ3) is 6.29. The first-order valence-electron chi connectivity index (χ1n) is 12.4. The van der Waals surface area contributed by atoms with Crippen molar-refractivity contribution < 1.29 is 14.3 Å². The number of likely N-dealkylation sites (tertiary alicyclic amines) is 1. The average Bonchev–Trinajstić information content (AvgIpc) is 2.87. The molecule has 1 fully saturated rings. The fourth-order valence-corrected chi connectivity index (χ4v) is 4.91. The minimum atomic E-state index is -0.570. The van der Waals surface area contributed by atoms with Gasteiger partial charge in [0.2, 0.25) is 5.88 Å². The minimum absolute atomic E-state index is 0.106. The monoisotopic (exact) mass is 486 g/mol. The Morgan fingerprint density at radius 2 is 1.67 bits per heavy atom. The number of ether oxygens (including phenoxy) is 1. The summed E-state index contributed by atoms with van der Waals surface area (Å²) in [4.78, 5) is 33.3. The highest BCUT2D eigenvalue weighted by molar-refractivity contribution is 6.04. The van der Waals surface area contributed by atoms with E-state index in [0.29, 0.717) is 29.0 Å². The summed E-state index contributed by atoms with van der Waals surface area (Å²) in [7, 11) is 1.63. The zero-order chi connectivity index (χ0) is 25.7. The van der Waals surface area contributed by atoms with Crippen LogP contribution in [0.5, 0.6) is 5.88 Å². The number of carbonyl (C=O) groups excluding carboxylic acids is 2. The number of aromatic nitrogens is 1. The van der Waals surface area contributed by atoms with Crippen molar-refractivity contribution in [2.24, 2.45) is 5.92 Å². The lowest BCUT2D eigenvalue weighted by Crippen LogP contribution is -2.45. The number of amides is 2. The molecule has 1 aromatic heterocycles. The van der Waals surface area contributed by atoms with E-state index in [2.05, 4.69) is 36.0 Å². The normalized spacial score (nSPS) is 19.9. The maximum atomic E-state index is 12.8. The molecule has 2 amide bonds. The summed E-state index contributed by atoms with van der Waals surface area (Å²) in [5.41, 5.74) is 2.95. The van der Waals surface area contributed by atoms with Crippen LogP contribution in [0.4, 0.5) is 16.2 Å². The van der Waals surface area contributed by atoms with Gasteiger partial charge in [-0.05, 0) is 68.5 Å². The lowest BCUT2D eigenvalue weighted by molar-refractivity contribution is 0.0681. The molecule has 1 N–H and O–H groups in total. The molecule has 4 rings (SSSR count). The third-order valence-corrected chi connectivity index (χ3v) is 6.80. The van der Waals surface area contributed by atoms with E-state index in [4.69, 9.17) is 4.74 Å². The van der Waals surface area contributed by atoms with Crippen LogP contribution in [0.15, 0.2) is 72.9 Å². The summed E-state index contributed by atoms with van der Waals surface area (Å²) < 4.78 is 5.39. The zero-order valence-corrected chi connectivity index (χ0v) is 21.3. The summed E-state index contributed by atoms with van der Waals surface area (Å²) in [6.07, 6.45) is 3.36. The molecule has 2 atom stereocenters. The number of carbonyl (C=O) groups is 2. The molecule has 0 saturated carbocycles. The summed E-state index contributed by atoms with van der Waals surface area (Å²) >= 11 is 0. The largest absolute Gasteiger partial charge is 0.420 e. The van der Waals surface area contributed by atoms with Gasteiger partial charge in [0.1, 0.15) is 0 Å². The number of para-hydroxylation sites is 1. The molecule has 7 heteroatoms. The molecular weight excluding hydrogens is 452 g/mol. The highest BCUT2D eigenvalue weighted by atomic mass is 16.6. The predicted octanol–water partition coefficient (Wildman–Crippen LogP) is 5.98. The Balaban J connectivity index is 1.35. The lowest BCUT2D eigenvalue weighted by Gasteiger charge is -2.41. The Morgan fingerprint density at radius 3 is 2.33 bits per heavy atom. The van der Waals surface area contributed by atoms with Gasteiger partial charge >= 0.3 is 6.09 Å². The molecule has 0 radical (unpaired) electrons. The Labute approximate surface area is 213 Å². The number of nitrogens with one attached hydrogen (secondary N) is 1. The molecule has 0 bridgehead atoms. The van der Waals surface area contributed by atoms with Crippen molar-refractivity contribution in [2.75, 3.05) is 17.3 Å². The van der Waals surface area contributed by atoms with E-state index in [1.807, 2.05) is 54.6 Å². The molecule has 2 heterocycles. The first-order valence-corrected chi connectivity index (χ1v) is 12.4. The molecule has 2 unspecified atom stereocenters. The van der Waals surface area contributed by atoms with E-state index in [0.717, 1.165) is 12.5 Å². The first-order chi connectivity index (χ1) is 17.3. The standard InChI is InChI=1S/C29H34N4O3/c1-20-16-21(2)33(22(3)17-20)19-23-10-12-24(13-11-23)28(34)31-25-14-15-30-27(18-25)36-29(35)32(4)26-8-6-5-7-9-26/h5-15,18,20-22H,16-17,19H2,1-4H3,(H,30,31,34). The van der Waals surface area contributed by atoms with Gasteiger partial charge in [-0.2, -0.15) is 0 Å². The topological polar surface area (TPSA) is 74.8 Å². The Bertz CT molecular complexity index is 1170. The van der Waals surface area contributed by atoms with Crippen LogP contribution in [0.2, 0.25) is 0 Å². The Morgan fingerprint density at radius 1 is 1.00 bits per heavy atom. The second-order valence-electron chi connectivity index (χ2n) is 9.74. The van der Waals surface area contributed by atoms with Gasteiger partial charge in [-0.3, -0.25) is 14.6 Å². The number of hydrogen-bond acceptors (Lipinski definition) is 5. The van der Waals surface area contributed by atoms with Gasteiger partial charge in [0.15, 0.2) is 0 Å². The quantitative estimate of drug-likeness (QED) is 0.464. The molecular formula is C29H34N4O3. The van der Waals surface area contributed by atoms with Crippen LogP contribution in [-0.2, 0) is 6.54 Å². The molecule has 2 aromatic carbocycles. The second kappa shape index (κ2) is 11.4. The van der Waals surface area contributed by atoms with Gasteiger partial charge in [0.25, 0.3) is 5.91 Å². The van der Waals surface area contributed by atoms with E-state index in [1.54, 1.807) is 13.1 Å². The van der Waals surface area contributed by atoms with Gasteiger partial charge in [0, 0.05) is 54.9 Å². The number of pyridine rings is 1. The van der Waals surface area contributed by atoms with Crippen molar-refractivity contribution in [3.63, 3.8) is 0 Å². The van der Waals surface area contributed by atoms with Crippen molar-refractivity contribution in [3.8, 4) is 5.88 Å². The Kier molecular flexibility index (Phi) is 8.00. The van der Waals surface area contributed by atoms with Gasteiger partial charge in [-0.1, -0.05) is 37.3 Å². The second-order valence-corrected chi connectivity index (χ2v) is 9.74. The fourth-order valence-electron chi connectivity index (χ4n) is 4.91. The summed E-state index contributed by atoms with van der Waals surface area (Å²) in [6.45, 7) is 7.81. The molecule has 0 spiro atoms. The number of rotatable bonds is 6. The number of anilines is 2. The number of nitrogens with zero attached hydrogens (tertiary/aromatic N) is 3. The van der Waals surface area contributed by atoms with E-state index < -0.39 is 6.09 Å². The van der Waals surface area contributed by atoms with E-state index >= 15 is 0 Å². The van der Waals surface area contributed by atoms with Crippen LogP contribution >= 0.6 is 0 Å².